The first-order valence-corrected chi connectivity index (χ1v) is 5.81. The van der Waals surface area contributed by atoms with Gasteiger partial charge in [0.25, 0.3) is 0 Å². The van der Waals surface area contributed by atoms with Crippen LogP contribution in [0.25, 0.3) is 5.57 Å². The van der Waals surface area contributed by atoms with Gasteiger partial charge in [-0.25, -0.2) is 0 Å². The second-order valence-electron chi connectivity index (χ2n) is 4.59. The van der Waals surface area contributed by atoms with Crippen LogP contribution in [0, 0.1) is 0 Å². The Morgan fingerprint density at radius 2 is 2.00 bits per heavy atom. The van der Waals surface area contributed by atoms with Crippen molar-refractivity contribution in [2.75, 3.05) is 0 Å². The predicted octanol–water partition coefficient (Wildman–Crippen LogP) is 3.00. The minimum Gasteiger partial charge on any atom is -0.289 e. The van der Waals surface area contributed by atoms with E-state index in [0.29, 0.717) is 0 Å². The summed E-state index contributed by atoms with van der Waals surface area (Å²) in [5, 5.41) is 0. The Bertz CT molecular complexity index is 681. The molecule has 3 aliphatic rings. The molecular weight excluding hydrogens is 208 g/mol. The Balaban J connectivity index is 1.98. The van der Waals surface area contributed by atoms with Crippen molar-refractivity contribution < 1.29 is 4.79 Å². The molecular formula is C16H10O. The van der Waals surface area contributed by atoms with Crippen molar-refractivity contribution in [1.82, 2.24) is 0 Å². The van der Waals surface area contributed by atoms with Gasteiger partial charge in [-0.1, -0.05) is 42.5 Å². The van der Waals surface area contributed by atoms with Crippen LogP contribution in [0.4, 0.5) is 0 Å². The van der Waals surface area contributed by atoms with Gasteiger partial charge in [0.15, 0.2) is 5.78 Å². The van der Waals surface area contributed by atoms with E-state index in [0.717, 1.165) is 23.1 Å². The lowest BCUT2D eigenvalue weighted by Crippen LogP contribution is -2.07. The maximum absolute atomic E-state index is 12.2. The van der Waals surface area contributed by atoms with Crippen molar-refractivity contribution in [3.63, 3.8) is 0 Å². The molecule has 1 aromatic carbocycles. The summed E-state index contributed by atoms with van der Waals surface area (Å²) >= 11 is 0. The van der Waals surface area contributed by atoms with Gasteiger partial charge in [-0.3, -0.25) is 4.79 Å². The molecule has 4 rings (SSSR count). The van der Waals surface area contributed by atoms with Crippen molar-refractivity contribution >= 4 is 11.4 Å². The van der Waals surface area contributed by atoms with Crippen molar-refractivity contribution in [3.8, 4) is 0 Å². The lowest BCUT2D eigenvalue weighted by Gasteiger charge is -2.14. The Kier molecular flexibility index (Phi) is 1.55. The highest BCUT2D eigenvalue weighted by Gasteiger charge is 2.32. The monoisotopic (exact) mass is 218 g/mol. The maximum Gasteiger partial charge on any atom is 0.187 e. The fraction of sp³-hybridized carbons (Fsp3) is 0.0625. The average molecular weight is 218 g/mol. The summed E-state index contributed by atoms with van der Waals surface area (Å²) in [6.45, 7) is 0. The number of allylic oxidation sites excluding steroid dienone is 8. The zero-order valence-electron chi connectivity index (χ0n) is 9.23. The van der Waals surface area contributed by atoms with E-state index in [1.807, 2.05) is 24.3 Å². The van der Waals surface area contributed by atoms with Crippen LogP contribution in [0.15, 0.2) is 65.3 Å². The van der Waals surface area contributed by atoms with E-state index in [9.17, 15) is 4.79 Å². The normalized spacial score (nSPS) is 19.9. The van der Waals surface area contributed by atoms with Gasteiger partial charge in [-0.15, -0.1) is 0 Å². The standard InChI is InChI=1S/C16H10O/c17-15-9-11-5-3-7-12(11)14-8-10-4-1-2-6-13(10)16(14)15/h1-7,9H,8H2. The van der Waals surface area contributed by atoms with Gasteiger partial charge < -0.3 is 0 Å². The third-order valence-electron chi connectivity index (χ3n) is 3.66. The van der Waals surface area contributed by atoms with E-state index >= 15 is 0 Å². The van der Waals surface area contributed by atoms with Crippen molar-refractivity contribution in [2.45, 2.75) is 6.42 Å². The molecule has 0 atom stereocenters. The summed E-state index contributed by atoms with van der Waals surface area (Å²) in [5.41, 5.74) is 6.82. The van der Waals surface area contributed by atoms with E-state index < -0.39 is 0 Å². The molecule has 0 unspecified atom stereocenters. The smallest absolute Gasteiger partial charge is 0.187 e. The van der Waals surface area contributed by atoms with Gasteiger partial charge in [0.2, 0.25) is 0 Å². The molecule has 0 spiro atoms. The minimum atomic E-state index is 0.156. The molecule has 17 heavy (non-hydrogen) atoms. The number of ketones is 1. The molecule has 0 saturated heterocycles. The van der Waals surface area contributed by atoms with Crippen LogP contribution in [0.2, 0.25) is 0 Å². The molecule has 1 nitrogen and oxygen atoms in total. The molecule has 0 aliphatic heterocycles. The van der Waals surface area contributed by atoms with E-state index in [-0.39, 0.29) is 5.78 Å². The van der Waals surface area contributed by atoms with Crippen LogP contribution >= 0.6 is 0 Å². The van der Waals surface area contributed by atoms with Crippen molar-refractivity contribution in [3.05, 3.63) is 76.4 Å². The highest BCUT2D eigenvalue weighted by atomic mass is 16.1. The van der Waals surface area contributed by atoms with Gasteiger partial charge in [-0.2, -0.15) is 0 Å². The van der Waals surface area contributed by atoms with Gasteiger partial charge in [-0.05, 0) is 40.3 Å². The molecule has 0 aromatic heterocycles. The van der Waals surface area contributed by atoms with Crippen LogP contribution in [-0.4, -0.2) is 5.78 Å². The topological polar surface area (TPSA) is 17.1 Å². The lowest BCUT2D eigenvalue weighted by molar-refractivity contribution is -0.109. The lowest BCUT2D eigenvalue weighted by atomic mass is 9.88. The van der Waals surface area contributed by atoms with E-state index in [1.165, 1.54) is 16.7 Å². The fourth-order valence-electron chi connectivity index (χ4n) is 2.92. The predicted molar refractivity (Wildman–Crippen MR) is 67.4 cm³/mol. The van der Waals surface area contributed by atoms with E-state index in [4.69, 9.17) is 0 Å². The quantitative estimate of drug-likeness (QED) is 0.654. The molecule has 0 saturated carbocycles. The first-order valence-electron chi connectivity index (χ1n) is 5.81. The average Bonchev–Trinajstić information content (AvgIpc) is 2.91. The van der Waals surface area contributed by atoms with Crippen molar-refractivity contribution in [2.24, 2.45) is 0 Å². The molecule has 0 amide bonds. The molecule has 0 fully saturated rings. The molecule has 80 valence electrons. The zero-order chi connectivity index (χ0) is 11.4. The summed E-state index contributed by atoms with van der Waals surface area (Å²) in [6, 6.07) is 8.21. The first kappa shape index (κ1) is 8.94. The maximum atomic E-state index is 12.2. The van der Waals surface area contributed by atoms with Crippen LogP contribution < -0.4 is 0 Å². The number of carbonyl (C=O) groups excluding carboxylic acids is 1. The van der Waals surface area contributed by atoms with Crippen LogP contribution in [0.1, 0.15) is 11.1 Å². The molecule has 0 bridgehead atoms. The largest absolute Gasteiger partial charge is 0.289 e. The number of hydrogen-bond acceptors (Lipinski definition) is 1. The van der Waals surface area contributed by atoms with Crippen molar-refractivity contribution in [1.29, 1.82) is 0 Å². The second-order valence-corrected chi connectivity index (χ2v) is 4.59. The van der Waals surface area contributed by atoms with Crippen LogP contribution in [-0.2, 0) is 11.2 Å². The Labute approximate surface area is 99.5 Å². The summed E-state index contributed by atoms with van der Waals surface area (Å²) in [5.74, 6) is 0.156. The Morgan fingerprint density at radius 3 is 2.94 bits per heavy atom. The molecule has 0 heterocycles. The third-order valence-corrected chi connectivity index (χ3v) is 3.66. The Hall–Kier alpha value is -2.15. The second kappa shape index (κ2) is 2.95. The minimum absolute atomic E-state index is 0.156. The number of carbonyl (C=O) groups is 1. The Morgan fingerprint density at radius 1 is 1.12 bits per heavy atom. The fourth-order valence-corrected chi connectivity index (χ4v) is 2.92. The van der Waals surface area contributed by atoms with Gasteiger partial charge in [0, 0.05) is 5.57 Å². The summed E-state index contributed by atoms with van der Waals surface area (Å²) < 4.78 is 0. The molecule has 1 heteroatoms. The van der Waals surface area contributed by atoms with Gasteiger partial charge in [0.1, 0.15) is 0 Å². The summed E-state index contributed by atoms with van der Waals surface area (Å²) in [6.07, 6.45) is 8.80. The molecule has 0 radical (unpaired) electrons. The number of fused-ring (bicyclic) bond motifs is 4. The molecule has 3 aliphatic carbocycles. The van der Waals surface area contributed by atoms with Crippen LogP contribution in [0.5, 0.6) is 0 Å². The van der Waals surface area contributed by atoms with Gasteiger partial charge in [0.05, 0.1) is 0 Å². The summed E-state index contributed by atoms with van der Waals surface area (Å²) in [4.78, 5) is 12.2. The highest BCUT2D eigenvalue weighted by molar-refractivity contribution is 6.31. The molecule has 0 N–H and O–H groups in total. The SMILES string of the molecule is O=C1C=C2C=CC=C2C2=C1c1ccccc1C2. The first-order chi connectivity index (χ1) is 8.34. The molecule has 1 aromatic rings. The summed E-state index contributed by atoms with van der Waals surface area (Å²) in [7, 11) is 0. The number of rotatable bonds is 0. The number of hydrogen-bond donors (Lipinski definition) is 0. The third kappa shape index (κ3) is 1.06. The highest BCUT2D eigenvalue weighted by Crippen LogP contribution is 2.43. The number of benzene rings is 1. The van der Waals surface area contributed by atoms with E-state index in [2.05, 4.69) is 18.2 Å². The van der Waals surface area contributed by atoms with Crippen LogP contribution in [0.3, 0.4) is 0 Å². The zero-order valence-corrected chi connectivity index (χ0v) is 9.23. The van der Waals surface area contributed by atoms with Gasteiger partial charge >= 0.3 is 0 Å². The van der Waals surface area contributed by atoms with E-state index in [1.54, 1.807) is 6.08 Å².